The van der Waals surface area contributed by atoms with Gasteiger partial charge in [0.1, 0.15) is 11.8 Å². The van der Waals surface area contributed by atoms with Crippen LogP contribution in [0.25, 0.3) is 5.76 Å². The van der Waals surface area contributed by atoms with Gasteiger partial charge in [-0.25, -0.2) is 0 Å². The zero-order chi connectivity index (χ0) is 21.3. The number of aliphatic hydroxyl groups is 1. The lowest BCUT2D eigenvalue weighted by molar-refractivity contribution is -0.141. The van der Waals surface area contributed by atoms with E-state index in [0.29, 0.717) is 22.8 Å². The molecule has 30 heavy (non-hydrogen) atoms. The second-order valence-corrected chi connectivity index (χ2v) is 7.47. The second-order valence-electron chi connectivity index (χ2n) is 7.47. The lowest BCUT2D eigenvalue weighted by atomic mass is 9.97. The topological polar surface area (TPSA) is 89.0 Å². The Hall–Kier alpha value is -3.35. The Morgan fingerprint density at radius 1 is 1.07 bits per heavy atom. The normalized spacial score (nSPS) is 21.3. The maximum absolute atomic E-state index is 13.1. The molecule has 1 unspecified atom stereocenters. The van der Waals surface area contributed by atoms with Crippen LogP contribution in [0.2, 0.25) is 0 Å². The van der Waals surface area contributed by atoms with Crippen molar-refractivity contribution in [3.63, 3.8) is 0 Å². The summed E-state index contributed by atoms with van der Waals surface area (Å²) in [4.78, 5) is 32.1. The van der Waals surface area contributed by atoms with Gasteiger partial charge in [-0.1, -0.05) is 18.9 Å². The van der Waals surface area contributed by atoms with Gasteiger partial charge in [-0.15, -0.1) is 0 Å². The number of amides is 1. The molecule has 1 aliphatic heterocycles. The van der Waals surface area contributed by atoms with Crippen LogP contribution in [0.5, 0.6) is 11.5 Å². The van der Waals surface area contributed by atoms with Crippen molar-refractivity contribution in [2.75, 3.05) is 14.2 Å². The summed E-state index contributed by atoms with van der Waals surface area (Å²) in [5.41, 5.74) is 0.987. The minimum atomic E-state index is -0.720. The van der Waals surface area contributed by atoms with E-state index in [1.807, 2.05) is 6.07 Å². The van der Waals surface area contributed by atoms with Crippen LogP contribution in [0.4, 0.5) is 0 Å². The number of methoxy groups -OCH3 is 2. The van der Waals surface area contributed by atoms with Gasteiger partial charge >= 0.3 is 0 Å². The Kier molecular flexibility index (Phi) is 5.44. The number of carbonyl (C=O) groups is 2. The number of hydrogen-bond donors (Lipinski definition) is 1. The van der Waals surface area contributed by atoms with E-state index in [1.165, 1.54) is 14.2 Å². The number of likely N-dealkylation sites (tertiary alicyclic amines) is 1. The Morgan fingerprint density at radius 3 is 2.43 bits per heavy atom. The summed E-state index contributed by atoms with van der Waals surface area (Å²) >= 11 is 0. The molecule has 156 valence electrons. The molecule has 1 N–H and O–H groups in total. The maximum atomic E-state index is 13.1. The molecule has 0 radical (unpaired) electrons. The summed E-state index contributed by atoms with van der Waals surface area (Å²) in [6.07, 6.45) is 5.33. The maximum Gasteiger partial charge on any atom is 0.295 e. The first-order chi connectivity index (χ1) is 14.6. The van der Waals surface area contributed by atoms with Gasteiger partial charge in [0.05, 0.1) is 25.5 Å². The SMILES string of the molecule is COc1ccc(/C(O)=C2/C(=O)C(=O)N(C3CCCC3)C2c2ccccn2)cc1OC. The molecule has 1 saturated carbocycles. The van der Waals surface area contributed by atoms with Crippen molar-refractivity contribution in [2.24, 2.45) is 0 Å². The second kappa shape index (κ2) is 8.18. The largest absolute Gasteiger partial charge is 0.507 e. The van der Waals surface area contributed by atoms with Crippen LogP contribution in [-0.4, -0.2) is 46.9 Å². The standard InChI is InChI=1S/C23H24N2O5/c1-29-17-11-10-14(13-18(17)30-2)21(26)19-20(16-9-5-6-12-24-16)25(23(28)22(19)27)15-7-3-4-8-15/h5-6,9-13,15,20,26H,3-4,7-8H2,1-2H3/b21-19-. The third-order valence-corrected chi connectivity index (χ3v) is 5.82. The van der Waals surface area contributed by atoms with Crippen molar-refractivity contribution in [1.82, 2.24) is 9.88 Å². The van der Waals surface area contributed by atoms with Crippen molar-refractivity contribution < 1.29 is 24.2 Å². The number of aromatic nitrogens is 1. The molecule has 1 aromatic carbocycles. The molecule has 2 heterocycles. The smallest absolute Gasteiger partial charge is 0.295 e. The predicted octanol–water partition coefficient (Wildman–Crippen LogP) is 3.46. The highest BCUT2D eigenvalue weighted by Crippen LogP contribution is 2.43. The monoisotopic (exact) mass is 408 g/mol. The summed E-state index contributed by atoms with van der Waals surface area (Å²) < 4.78 is 10.6. The van der Waals surface area contributed by atoms with Crippen molar-refractivity contribution in [2.45, 2.75) is 37.8 Å². The lowest BCUT2D eigenvalue weighted by Gasteiger charge is -2.30. The number of ketones is 1. The Bertz CT molecular complexity index is 996. The summed E-state index contributed by atoms with van der Waals surface area (Å²) in [6.45, 7) is 0. The van der Waals surface area contributed by atoms with E-state index in [0.717, 1.165) is 25.7 Å². The lowest BCUT2D eigenvalue weighted by Crippen LogP contribution is -2.37. The highest BCUT2D eigenvalue weighted by atomic mass is 16.5. The molecule has 1 atom stereocenters. The van der Waals surface area contributed by atoms with E-state index in [2.05, 4.69) is 4.98 Å². The molecular formula is C23H24N2O5. The van der Waals surface area contributed by atoms with Crippen molar-refractivity contribution in [3.05, 3.63) is 59.4 Å². The first-order valence-electron chi connectivity index (χ1n) is 10.00. The molecule has 1 aliphatic carbocycles. The van der Waals surface area contributed by atoms with Gasteiger partial charge in [0.2, 0.25) is 0 Å². The van der Waals surface area contributed by atoms with Crippen molar-refractivity contribution in [1.29, 1.82) is 0 Å². The number of benzene rings is 1. The minimum absolute atomic E-state index is 0.0378. The quantitative estimate of drug-likeness (QED) is 0.463. The summed E-state index contributed by atoms with van der Waals surface area (Å²) in [7, 11) is 3.01. The van der Waals surface area contributed by atoms with Gasteiger partial charge in [0, 0.05) is 17.8 Å². The average molecular weight is 408 g/mol. The van der Waals surface area contributed by atoms with Crippen LogP contribution in [0.3, 0.4) is 0 Å². The van der Waals surface area contributed by atoms with Gasteiger partial charge in [-0.3, -0.25) is 14.6 Å². The van der Waals surface area contributed by atoms with Gasteiger partial charge in [-0.2, -0.15) is 0 Å². The van der Waals surface area contributed by atoms with E-state index >= 15 is 0 Å². The summed E-state index contributed by atoms with van der Waals surface area (Å²) in [5, 5.41) is 11.1. The fourth-order valence-electron chi connectivity index (χ4n) is 4.38. The molecule has 0 bridgehead atoms. The van der Waals surface area contributed by atoms with Crippen LogP contribution in [0.15, 0.2) is 48.2 Å². The number of rotatable bonds is 5. The van der Waals surface area contributed by atoms with Crippen LogP contribution < -0.4 is 9.47 Å². The van der Waals surface area contributed by atoms with Gasteiger partial charge in [0.25, 0.3) is 11.7 Å². The first-order valence-corrected chi connectivity index (χ1v) is 10.00. The average Bonchev–Trinajstić information content (AvgIpc) is 3.40. The molecule has 2 aliphatic rings. The molecule has 4 rings (SSSR count). The molecule has 7 nitrogen and oxygen atoms in total. The molecular weight excluding hydrogens is 384 g/mol. The number of Topliss-reactive ketones (excluding diaryl/α,β-unsaturated/α-hetero) is 1. The molecule has 1 aromatic heterocycles. The Morgan fingerprint density at radius 2 is 1.80 bits per heavy atom. The van der Waals surface area contributed by atoms with Gasteiger partial charge in [-0.05, 0) is 43.2 Å². The zero-order valence-electron chi connectivity index (χ0n) is 17.0. The van der Waals surface area contributed by atoms with E-state index in [4.69, 9.17) is 9.47 Å². The summed E-state index contributed by atoms with van der Waals surface area (Å²) in [6, 6.07) is 9.48. The van der Waals surface area contributed by atoms with Gasteiger partial charge < -0.3 is 19.5 Å². The van der Waals surface area contributed by atoms with E-state index in [-0.39, 0.29) is 17.4 Å². The fraction of sp³-hybridized carbons (Fsp3) is 0.348. The van der Waals surface area contributed by atoms with Crippen LogP contribution in [0, 0.1) is 0 Å². The van der Waals surface area contributed by atoms with Crippen LogP contribution in [-0.2, 0) is 9.59 Å². The predicted molar refractivity (Wildman–Crippen MR) is 110 cm³/mol. The third kappa shape index (κ3) is 3.30. The molecule has 1 amide bonds. The molecule has 2 fully saturated rings. The number of nitrogens with zero attached hydrogens (tertiary/aromatic N) is 2. The van der Waals surface area contributed by atoms with Gasteiger partial charge in [0.15, 0.2) is 11.5 Å². The molecule has 7 heteroatoms. The van der Waals surface area contributed by atoms with Crippen molar-refractivity contribution >= 4 is 17.4 Å². The van der Waals surface area contributed by atoms with E-state index < -0.39 is 17.7 Å². The van der Waals surface area contributed by atoms with E-state index in [9.17, 15) is 14.7 Å². The highest BCUT2D eigenvalue weighted by molar-refractivity contribution is 6.46. The molecule has 2 aromatic rings. The number of pyridine rings is 1. The molecule has 0 spiro atoms. The Balaban J connectivity index is 1.87. The fourth-order valence-corrected chi connectivity index (χ4v) is 4.38. The third-order valence-electron chi connectivity index (χ3n) is 5.82. The van der Waals surface area contributed by atoms with E-state index in [1.54, 1.807) is 41.4 Å². The summed E-state index contributed by atoms with van der Waals surface area (Å²) in [5.74, 6) is -0.599. The number of hydrogen-bond acceptors (Lipinski definition) is 6. The van der Waals surface area contributed by atoms with Crippen LogP contribution >= 0.6 is 0 Å². The minimum Gasteiger partial charge on any atom is -0.507 e. The van der Waals surface area contributed by atoms with Crippen molar-refractivity contribution in [3.8, 4) is 11.5 Å². The number of carbonyl (C=O) groups excluding carboxylic acids is 2. The van der Waals surface area contributed by atoms with Crippen LogP contribution in [0.1, 0.15) is 43.0 Å². The highest BCUT2D eigenvalue weighted by Gasteiger charge is 2.49. The number of aliphatic hydroxyl groups excluding tert-OH is 1. The number of ether oxygens (including phenoxy) is 2. The first kappa shape index (κ1) is 19.9. The zero-order valence-corrected chi connectivity index (χ0v) is 17.0. The molecule has 1 saturated heterocycles. The Labute approximate surface area is 174 Å².